The number of halogens is 1. The van der Waals surface area contributed by atoms with Gasteiger partial charge in [-0.25, -0.2) is 4.79 Å². The van der Waals surface area contributed by atoms with Gasteiger partial charge in [-0.2, -0.15) is 0 Å². The topological polar surface area (TPSA) is 55.4 Å². The SMILES string of the molecule is COC(=O)NC1(CC(=O)CCl)CCC1. The number of rotatable bonds is 4. The Morgan fingerprint density at radius 2 is 2.14 bits per heavy atom. The quantitative estimate of drug-likeness (QED) is 0.729. The molecule has 0 unspecified atom stereocenters. The van der Waals surface area contributed by atoms with Crippen LogP contribution in [0.3, 0.4) is 0 Å². The summed E-state index contributed by atoms with van der Waals surface area (Å²) in [7, 11) is 1.31. The van der Waals surface area contributed by atoms with E-state index in [1.165, 1.54) is 7.11 Å². The van der Waals surface area contributed by atoms with Crippen LogP contribution < -0.4 is 5.32 Å². The molecule has 0 heterocycles. The van der Waals surface area contributed by atoms with Crippen LogP contribution in [0, 0.1) is 0 Å². The van der Waals surface area contributed by atoms with E-state index in [1.807, 2.05) is 0 Å². The molecule has 0 aliphatic heterocycles. The van der Waals surface area contributed by atoms with E-state index in [0.717, 1.165) is 19.3 Å². The molecule has 1 aliphatic rings. The van der Waals surface area contributed by atoms with Crippen molar-refractivity contribution in [3.05, 3.63) is 0 Å². The number of carbonyl (C=O) groups is 2. The summed E-state index contributed by atoms with van der Waals surface area (Å²) in [6, 6.07) is 0. The van der Waals surface area contributed by atoms with Crippen molar-refractivity contribution in [2.75, 3.05) is 13.0 Å². The Kier molecular flexibility index (Phi) is 3.75. The van der Waals surface area contributed by atoms with Gasteiger partial charge in [0.25, 0.3) is 0 Å². The van der Waals surface area contributed by atoms with Crippen molar-refractivity contribution >= 4 is 23.5 Å². The molecule has 1 N–H and O–H groups in total. The van der Waals surface area contributed by atoms with E-state index in [2.05, 4.69) is 10.1 Å². The number of alkyl carbamates (subject to hydrolysis) is 1. The van der Waals surface area contributed by atoms with Crippen molar-refractivity contribution in [3.63, 3.8) is 0 Å². The molecule has 80 valence electrons. The monoisotopic (exact) mass is 219 g/mol. The second-order valence-corrected chi connectivity index (χ2v) is 3.87. The first kappa shape index (κ1) is 11.3. The molecule has 14 heavy (non-hydrogen) atoms. The van der Waals surface area contributed by atoms with E-state index in [0.29, 0.717) is 6.42 Å². The van der Waals surface area contributed by atoms with Gasteiger partial charge in [0.05, 0.1) is 18.5 Å². The molecule has 0 aromatic carbocycles. The first-order valence-corrected chi connectivity index (χ1v) is 5.09. The van der Waals surface area contributed by atoms with Crippen LogP contribution in [0.1, 0.15) is 25.7 Å². The third kappa shape index (κ3) is 2.61. The standard InChI is InChI=1S/C9H14ClNO3/c1-14-8(13)11-9(3-2-4-9)5-7(12)6-10/h2-6H2,1H3,(H,11,13). The maximum atomic E-state index is 11.2. The van der Waals surface area contributed by atoms with Crippen LogP contribution >= 0.6 is 11.6 Å². The van der Waals surface area contributed by atoms with Crippen molar-refractivity contribution in [3.8, 4) is 0 Å². The van der Waals surface area contributed by atoms with Gasteiger partial charge in [0.2, 0.25) is 0 Å². The number of alkyl halides is 1. The highest BCUT2D eigenvalue weighted by molar-refractivity contribution is 6.27. The Morgan fingerprint density at radius 1 is 1.50 bits per heavy atom. The summed E-state index contributed by atoms with van der Waals surface area (Å²) in [6.45, 7) is 0. The summed E-state index contributed by atoms with van der Waals surface area (Å²) in [5, 5.41) is 2.70. The highest BCUT2D eigenvalue weighted by atomic mass is 35.5. The van der Waals surface area contributed by atoms with E-state index < -0.39 is 6.09 Å². The average molecular weight is 220 g/mol. The Labute approximate surface area is 87.9 Å². The zero-order valence-electron chi connectivity index (χ0n) is 8.14. The molecule has 1 aliphatic carbocycles. The molecule has 0 aromatic rings. The van der Waals surface area contributed by atoms with Crippen molar-refractivity contribution in [1.82, 2.24) is 5.32 Å². The molecule has 0 radical (unpaired) electrons. The summed E-state index contributed by atoms with van der Waals surface area (Å²) >= 11 is 5.42. The molecule has 0 bridgehead atoms. The fourth-order valence-electron chi connectivity index (χ4n) is 1.64. The number of amides is 1. The highest BCUT2D eigenvalue weighted by Crippen LogP contribution is 2.35. The number of ether oxygens (including phenoxy) is 1. The molecule has 4 nitrogen and oxygen atoms in total. The lowest BCUT2D eigenvalue weighted by atomic mass is 9.73. The Hall–Kier alpha value is -0.770. The molecule has 5 heteroatoms. The van der Waals surface area contributed by atoms with Crippen molar-refractivity contribution in [2.45, 2.75) is 31.2 Å². The highest BCUT2D eigenvalue weighted by Gasteiger charge is 2.40. The van der Waals surface area contributed by atoms with Gasteiger partial charge in [-0.15, -0.1) is 11.6 Å². The summed E-state index contributed by atoms with van der Waals surface area (Å²) in [4.78, 5) is 22.2. The molecule has 1 saturated carbocycles. The van der Waals surface area contributed by atoms with Gasteiger partial charge in [0.15, 0.2) is 0 Å². The van der Waals surface area contributed by atoms with E-state index in [-0.39, 0.29) is 17.2 Å². The van der Waals surface area contributed by atoms with E-state index in [1.54, 1.807) is 0 Å². The summed E-state index contributed by atoms with van der Waals surface area (Å²) in [5.41, 5.74) is -0.390. The normalized spacial score (nSPS) is 18.1. The third-order valence-electron chi connectivity index (χ3n) is 2.55. The van der Waals surface area contributed by atoms with Gasteiger partial charge in [0.1, 0.15) is 5.78 Å². The number of nitrogens with one attached hydrogen (secondary N) is 1. The largest absolute Gasteiger partial charge is 0.453 e. The number of carbonyl (C=O) groups excluding carboxylic acids is 2. The average Bonchev–Trinajstić information content (AvgIpc) is 2.13. The predicted octanol–water partition coefficient (Wildman–Crippen LogP) is 1.46. The van der Waals surface area contributed by atoms with Crippen molar-refractivity contribution in [1.29, 1.82) is 0 Å². The lowest BCUT2D eigenvalue weighted by Crippen LogP contribution is -2.54. The molecular weight excluding hydrogens is 206 g/mol. The smallest absolute Gasteiger partial charge is 0.407 e. The van der Waals surface area contributed by atoms with Crippen LogP contribution in [0.5, 0.6) is 0 Å². The predicted molar refractivity (Wildman–Crippen MR) is 52.5 cm³/mol. The summed E-state index contributed by atoms with van der Waals surface area (Å²) in [5.74, 6) is -0.0345. The van der Waals surface area contributed by atoms with Gasteiger partial charge >= 0.3 is 6.09 Å². The molecule has 0 atom stereocenters. The number of ketones is 1. The molecular formula is C9H14ClNO3. The van der Waals surface area contributed by atoms with E-state index in [9.17, 15) is 9.59 Å². The lowest BCUT2D eigenvalue weighted by molar-refractivity contribution is -0.118. The second kappa shape index (κ2) is 4.64. The second-order valence-electron chi connectivity index (χ2n) is 3.60. The third-order valence-corrected chi connectivity index (χ3v) is 2.85. The number of Topliss-reactive ketones (excluding diaryl/α,β-unsaturated/α-hetero) is 1. The number of hydrogen-bond donors (Lipinski definition) is 1. The van der Waals surface area contributed by atoms with E-state index in [4.69, 9.17) is 11.6 Å². The molecule has 0 spiro atoms. The lowest BCUT2D eigenvalue weighted by Gasteiger charge is -2.41. The number of hydrogen-bond acceptors (Lipinski definition) is 3. The van der Waals surface area contributed by atoms with Crippen LogP contribution in [0.4, 0.5) is 4.79 Å². The fourth-order valence-corrected chi connectivity index (χ4v) is 1.74. The van der Waals surface area contributed by atoms with E-state index >= 15 is 0 Å². The maximum absolute atomic E-state index is 11.2. The maximum Gasteiger partial charge on any atom is 0.407 e. The Bertz CT molecular complexity index is 218. The molecule has 1 amide bonds. The van der Waals surface area contributed by atoms with Crippen LogP contribution in [0.2, 0.25) is 0 Å². The first-order chi connectivity index (χ1) is 6.62. The molecule has 0 saturated heterocycles. The summed E-state index contributed by atoms with van der Waals surface area (Å²) in [6.07, 6.45) is 2.51. The molecule has 1 fully saturated rings. The fraction of sp³-hybridized carbons (Fsp3) is 0.778. The molecule has 0 aromatic heterocycles. The molecule has 1 rings (SSSR count). The van der Waals surface area contributed by atoms with Gasteiger partial charge in [0, 0.05) is 6.42 Å². The van der Waals surface area contributed by atoms with Crippen molar-refractivity contribution < 1.29 is 14.3 Å². The van der Waals surface area contributed by atoms with Crippen LogP contribution in [-0.2, 0) is 9.53 Å². The van der Waals surface area contributed by atoms with Crippen LogP contribution in [-0.4, -0.2) is 30.4 Å². The van der Waals surface area contributed by atoms with Gasteiger partial charge in [-0.1, -0.05) is 0 Å². The van der Waals surface area contributed by atoms with Gasteiger partial charge in [-0.3, -0.25) is 4.79 Å². The zero-order valence-corrected chi connectivity index (χ0v) is 8.89. The van der Waals surface area contributed by atoms with Gasteiger partial charge < -0.3 is 10.1 Å². The minimum absolute atomic E-state index is 0.00457. The zero-order chi connectivity index (χ0) is 10.6. The minimum atomic E-state index is -0.480. The van der Waals surface area contributed by atoms with Crippen LogP contribution in [0.15, 0.2) is 0 Å². The first-order valence-electron chi connectivity index (χ1n) is 4.56. The number of methoxy groups -OCH3 is 1. The van der Waals surface area contributed by atoms with Crippen molar-refractivity contribution in [2.24, 2.45) is 0 Å². The Balaban J connectivity index is 2.49. The summed E-state index contributed by atoms with van der Waals surface area (Å²) < 4.78 is 4.50. The van der Waals surface area contributed by atoms with Gasteiger partial charge in [-0.05, 0) is 19.3 Å². The van der Waals surface area contributed by atoms with Crippen LogP contribution in [0.25, 0.3) is 0 Å². The minimum Gasteiger partial charge on any atom is -0.453 e. The Morgan fingerprint density at radius 3 is 2.50 bits per heavy atom.